The summed E-state index contributed by atoms with van der Waals surface area (Å²) in [5.41, 5.74) is 10.8. The highest BCUT2D eigenvalue weighted by Gasteiger charge is 2.29. The van der Waals surface area contributed by atoms with Crippen molar-refractivity contribution in [3.05, 3.63) is 0 Å². The van der Waals surface area contributed by atoms with Crippen LogP contribution in [0.15, 0.2) is 0 Å². The second-order valence-electron chi connectivity index (χ2n) is 9.80. The molecule has 0 aromatic rings. The minimum atomic E-state index is -1.37. The van der Waals surface area contributed by atoms with E-state index in [1.54, 1.807) is 6.92 Å². The third-order valence-corrected chi connectivity index (χ3v) is 5.79. The van der Waals surface area contributed by atoms with Crippen molar-refractivity contribution in [2.45, 2.75) is 84.5 Å². The summed E-state index contributed by atoms with van der Waals surface area (Å²) in [5.74, 6) is -5.52. The van der Waals surface area contributed by atoms with Crippen LogP contribution in [0.5, 0.6) is 0 Å². The SMILES string of the molecule is CC[C@H](C)[C@H](NC(=O)CNC(=O)[C@@H](N)CC(C)C)C(=O)N[C@@H](C)C(=O)NCC(=O)N[C@@H](CCC(N)=O)C(=O)O. The molecule has 0 aromatic heterocycles. The van der Waals surface area contributed by atoms with Crippen LogP contribution in [0.1, 0.15) is 60.3 Å². The molecule has 10 N–H and O–H groups in total. The van der Waals surface area contributed by atoms with E-state index in [-0.39, 0.29) is 31.2 Å². The smallest absolute Gasteiger partial charge is 0.326 e. The monoisotopic (exact) mass is 557 g/mol. The molecule has 0 rings (SSSR count). The van der Waals surface area contributed by atoms with Crippen molar-refractivity contribution in [1.82, 2.24) is 26.6 Å². The number of aliphatic carboxylic acids is 1. The van der Waals surface area contributed by atoms with Crippen molar-refractivity contribution in [2.75, 3.05) is 13.1 Å². The Balaban J connectivity index is 4.90. The van der Waals surface area contributed by atoms with Gasteiger partial charge in [0.2, 0.25) is 35.4 Å². The van der Waals surface area contributed by atoms with Crippen LogP contribution in [-0.2, 0) is 33.6 Å². The van der Waals surface area contributed by atoms with Crippen LogP contribution in [0, 0.1) is 11.8 Å². The van der Waals surface area contributed by atoms with Gasteiger partial charge in [-0.1, -0.05) is 34.1 Å². The number of hydrogen-bond acceptors (Lipinski definition) is 8. The quantitative estimate of drug-likeness (QED) is 0.0882. The molecule has 0 heterocycles. The van der Waals surface area contributed by atoms with E-state index in [1.165, 1.54) is 6.92 Å². The van der Waals surface area contributed by atoms with Gasteiger partial charge >= 0.3 is 5.97 Å². The van der Waals surface area contributed by atoms with E-state index in [2.05, 4.69) is 26.6 Å². The van der Waals surface area contributed by atoms with E-state index in [0.29, 0.717) is 12.8 Å². The number of carboxylic acid groups (broad SMARTS) is 1. The van der Waals surface area contributed by atoms with Crippen LogP contribution < -0.4 is 38.1 Å². The Labute approximate surface area is 227 Å². The molecule has 0 saturated carbocycles. The van der Waals surface area contributed by atoms with Gasteiger partial charge in [0.15, 0.2) is 0 Å². The Kier molecular flexibility index (Phi) is 16.0. The van der Waals surface area contributed by atoms with Gasteiger partial charge in [-0.15, -0.1) is 0 Å². The fraction of sp³-hybridized carbons (Fsp3) is 0.708. The summed E-state index contributed by atoms with van der Waals surface area (Å²) in [7, 11) is 0. The molecule has 5 atom stereocenters. The average molecular weight is 558 g/mol. The van der Waals surface area contributed by atoms with Gasteiger partial charge in [-0.2, -0.15) is 0 Å². The Morgan fingerprint density at radius 3 is 1.82 bits per heavy atom. The molecular weight excluding hydrogens is 514 g/mol. The maximum atomic E-state index is 12.9. The predicted molar refractivity (Wildman–Crippen MR) is 140 cm³/mol. The summed E-state index contributed by atoms with van der Waals surface area (Å²) in [6.07, 6.45) is 0.500. The Bertz CT molecular complexity index is 896. The maximum Gasteiger partial charge on any atom is 0.326 e. The van der Waals surface area contributed by atoms with Crippen molar-refractivity contribution in [2.24, 2.45) is 23.3 Å². The summed E-state index contributed by atoms with van der Waals surface area (Å²) in [5, 5.41) is 21.1. The maximum absolute atomic E-state index is 12.9. The van der Waals surface area contributed by atoms with Crippen molar-refractivity contribution in [3.63, 3.8) is 0 Å². The van der Waals surface area contributed by atoms with Crippen LogP contribution in [0.3, 0.4) is 0 Å². The van der Waals surface area contributed by atoms with E-state index in [1.807, 2.05) is 20.8 Å². The second kappa shape index (κ2) is 17.7. The zero-order valence-corrected chi connectivity index (χ0v) is 23.2. The first-order valence-corrected chi connectivity index (χ1v) is 12.8. The summed E-state index contributed by atoms with van der Waals surface area (Å²) < 4.78 is 0. The number of rotatable bonds is 18. The van der Waals surface area contributed by atoms with Crippen LogP contribution >= 0.6 is 0 Å². The molecule has 39 heavy (non-hydrogen) atoms. The lowest BCUT2D eigenvalue weighted by Gasteiger charge is -2.25. The average Bonchev–Trinajstić information content (AvgIpc) is 2.85. The summed E-state index contributed by atoms with van der Waals surface area (Å²) >= 11 is 0. The standard InChI is InChI=1S/C24H43N7O8/c1-6-13(4)20(31-19(34)11-28-22(36)15(25)9-12(2)3)23(37)29-14(5)21(35)27-10-18(33)30-16(24(38)39)7-8-17(26)32/h12-16,20H,6-11,25H2,1-5H3,(H2,26,32)(H,27,35)(H,28,36)(H,29,37)(H,30,33)(H,31,34)(H,38,39)/t13-,14-,15-,16-,20-/m0/s1. The zero-order valence-electron chi connectivity index (χ0n) is 23.2. The van der Waals surface area contributed by atoms with Gasteiger partial charge in [-0.05, 0) is 31.6 Å². The second-order valence-corrected chi connectivity index (χ2v) is 9.80. The fourth-order valence-corrected chi connectivity index (χ4v) is 3.32. The number of hydrogen-bond donors (Lipinski definition) is 8. The molecule has 0 aliphatic rings. The molecule has 222 valence electrons. The van der Waals surface area contributed by atoms with E-state index in [9.17, 15) is 33.6 Å². The number of primary amides is 1. The Hall–Kier alpha value is -3.75. The molecule has 0 radical (unpaired) electrons. The highest BCUT2D eigenvalue weighted by molar-refractivity contribution is 5.94. The lowest BCUT2D eigenvalue weighted by molar-refractivity contribution is -0.142. The Morgan fingerprint density at radius 1 is 0.795 bits per heavy atom. The summed E-state index contributed by atoms with van der Waals surface area (Å²) in [6, 6.07) is -4.25. The molecule has 0 aliphatic carbocycles. The van der Waals surface area contributed by atoms with Crippen LogP contribution in [0.25, 0.3) is 0 Å². The van der Waals surface area contributed by atoms with Gasteiger partial charge in [-0.25, -0.2) is 4.79 Å². The van der Waals surface area contributed by atoms with E-state index >= 15 is 0 Å². The third kappa shape index (κ3) is 14.7. The first-order chi connectivity index (χ1) is 18.1. The van der Waals surface area contributed by atoms with Gasteiger partial charge in [-0.3, -0.25) is 28.8 Å². The summed E-state index contributed by atoms with van der Waals surface area (Å²) in [4.78, 5) is 83.8. The summed E-state index contributed by atoms with van der Waals surface area (Å²) in [6.45, 7) is 7.77. The number of carboxylic acids is 1. The first-order valence-electron chi connectivity index (χ1n) is 12.8. The lowest BCUT2D eigenvalue weighted by atomic mass is 9.98. The Morgan fingerprint density at radius 2 is 1.33 bits per heavy atom. The molecule has 15 heteroatoms. The topological polar surface area (TPSA) is 252 Å². The van der Waals surface area contributed by atoms with E-state index < -0.39 is 72.1 Å². The third-order valence-electron chi connectivity index (χ3n) is 5.79. The molecule has 0 spiro atoms. The molecule has 0 unspecified atom stereocenters. The van der Waals surface area contributed by atoms with Gasteiger partial charge in [0.05, 0.1) is 19.1 Å². The highest BCUT2D eigenvalue weighted by Crippen LogP contribution is 2.08. The minimum Gasteiger partial charge on any atom is -0.480 e. The molecule has 0 aliphatic heterocycles. The van der Waals surface area contributed by atoms with Crippen LogP contribution in [0.4, 0.5) is 0 Å². The molecule has 15 nitrogen and oxygen atoms in total. The molecule has 0 aromatic carbocycles. The highest BCUT2D eigenvalue weighted by atomic mass is 16.4. The van der Waals surface area contributed by atoms with Gasteiger partial charge in [0, 0.05) is 6.42 Å². The normalized spacial score (nSPS) is 14.6. The molecule has 0 bridgehead atoms. The van der Waals surface area contributed by atoms with E-state index in [0.717, 1.165) is 0 Å². The van der Waals surface area contributed by atoms with Crippen LogP contribution in [0.2, 0.25) is 0 Å². The molecular formula is C24H43N7O8. The molecule has 0 fully saturated rings. The van der Waals surface area contributed by atoms with Crippen molar-refractivity contribution in [3.8, 4) is 0 Å². The number of carbonyl (C=O) groups excluding carboxylic acids is 6. The van der Waals surface area contributed by atoms with Gasteiger partial charge in [0.25, 0.3) is 0 Å². The number of nitrogens with two attached hydrogens (primary N) is 2. The largest absolute Gasteiger partial charge is 0.480 e. The van der Waals surface area contributed by atoms with Crippen molar-refractivity contribution < 1.29 is 38.7 Å². The van der Waals surface area contributed by atoms with Gasteiger partial charge in [0.1, 0.15) is 18.1 Å². The van der Waals surface area contributed by atoms with E-state index in [4.69, 9.17) is 16.6 Å². The fourth-order valence-electron chi connectivity index (χ4n) is 3.32. The van der Waals surface area contributed by atoms with Crippen molar-refractivity contribution in [1.29, 1.82) is 0 Å². The zero-order chi connectivity index (χ0) is 30.3. The van der Waals surface area contributed by atoms with Crippen LogP contribution in [-0.4, -0.2) is 83.8 Å². The number of amides is 6. The number of carbonyl (C=O) groups is 7. The number of nitrogens with one attached hydrogen (secondary N) is 5. The lowest BCUT2D eigenvalue weighted by Crippen LogP contribution is -2.56. The van der Waals surface area contributed by atoms with Gasteiger partial charge < -0.3 is 43.2 Å². The molecule has 0 saturated heterocycles. The predicted octanol–water partition coefficient (Wildman–Crippen LogP) is -2.54. The first kappa shape index (κ1) is 35.2. The minimum absolute atomic E-state index is 0.196. The molecule has 6 amide bonds. The van der Waals surface area contributed by atoms with Crippen molar-refractivity contribution >= 4 is 41.4 Å².